The van der Waals surface area contributed by atoms with Gasteiger partial charge in [-0.3, -0.25) is 0 Å². The van der Waals surface area contributed by atoms with Crippen LogP contribution in [-0.2, 0) is 18.6 Å². The molecule has 2 atom stereocenters. The van der Waals surface area contributed by atoms with Gasteiger partial charge < -0.3 is 18.6 Å². The van der Waals surface area contributed by atoms with Gasteiger partial charge in [-0.25, -0.2) is 0 Å². The van der Waals surface area contributed by atoms with Crippen LogP contribution in [0.5, 0.6) is 0 Å². The van der Waals surface area contributed by atoms with E-state index in [0.717, 1.165) is 12.8 Å². The first kappa shape index (κ1) is 18.8. The lowest BCUT2D eigenvalue weighted by molar-refractivity contribution is 0.00578. The van der Waals surface area contributed by atoms with Crippen LogP contribution in [0.3, 0.4) is 0 Å². The van der Waals surface area contributed by atoms with Crippen molar-refractivity contribution < 1.29 is 18.6 Å². The number of hydrogen-bond donors (Lipinski definition) is 0. The van der Waals surface area contributed by atoms with Crippen molar-refractivity contribution in [1.82, 2.24) is 0 Å². The summed E-state index contributed by atoms with van der Waals surface area (Å²) >= 11 is 0. The SMILES string of the molecule is CC1(C)OB(C2CCCCC2B2OC(C)(C)C(C)(C)O2)OC1(C)C. The first-order chi connectivity index (χ1) is 10.9. The van der Waals surface area contributed by atoms with Gasteiger partial charge in [0.1, 0.15) is 0 Å². The smallest absolute Gasteiger partial charge is 0.403 e. The summed E-state index contributed by atoms with van der Waals surface area (Å²) in [6.45, 7) is 17.0. The van der Waals surface area contributed by atoms with Gasteiger partial charge in [0.25, 0.3) is 0 Å². The predicted octanol–water partition coefficient (Wildman–Crippen LogP) is 4.49. The van der Waals surface area contributed by atoms with E-state index >= 15 is 0 Å². The van der Waals surface area contributed by atoms with Crippen molar-refractivity contribution in [2.24, 2.45) is 0 Å². The molecule has 2 saturated heterocycles. The van der Waals surface area contributed by atoms with Crippen LogP contribution in [0.4, 0.5) is 0 Å². The minimum absolute atomic E-state index is 0.167. The molecule has 3 fully saturated rings. The standard InChI is InChI=1S/C18H34B2O4/c1-15(2)16(3,4)22-19(21-15)13-11-9-10-12-14(13)20-23-17(5,6)18(7,8)24-20/h13-14H,9-12H2,1-8H3. The van der Waals surface area contributed by atoms with Crippen molar-refractivity contribution in [1.29, 1.82) is 0 Å². The third-order valence-corrected chi connectivity index (χ3v) is 7.12. The Morgan fingerprint density at radius 2 is 0.792 bits per heavy atom. The highest BCUT2D eigenvalue weighted by atomic mass is 16.7. The maximum atomic E-state index is 6.36. The summed E-state index contributed by atoms with van der Waals surface area (Å²) < 4.78 is 25.5. The molecule has 2 aliphatic heterocycles. The van der Waals surface area contributed by atoms with Crippen molar-refractivity contribution in [3.8, 4) is 0 Å². The van der Waals surface area contributed by atoms with E-state index in [0.29, 0.717) is 11.6 Å². The lowest BCUT2D eigenvalue weighted by Gasteiger charge is -2.34. The van der Waals surface area contributed by atoms with Crippen LogP contribution in [0, 0.1) is 0 Å². The Morgan fingerprint density at radius 3 is 1.04 bits per heavy atom. The fourth-order valence-electron chi connectivity index (χ4n) is 3.99. The Balaban J connectivity index is 1.79. The van der Waals surface area contributed by atoms with E-state index in [1.807, 2.05) is 0 Å². The van der Waals surface area contributed by atoms with Crippen LogP contribution in [-0.4, -0.2) is 36.6 Å². The highest BCUT2D eigenvalue weighted by Gasteiger charge is 2.60. The second-order valence-corrected chi connectivity index (χ2v) is 9.86. The van der Waals surface area contributed by atoms with E-state index in [2.05, 4.69) is 55.4 Å². The van der Waals surface area contributed by atoms with Crippen molar-refractivity contribution in [3.05, 3.63) is 0 Å². The van der Waals surface area contributed by atoms with Crippen LogP contribution in [0.2, 0.25) is 11.6 Å². The van der Waals surface area contributed by atoms with E-state index < -0.39 is 0 Å². The molecule has 2 heterocycles. The zero-order chi connectivity index (χ0) is 18.0. The third kappa shape index (κ3) is 2.98. The molecule has 6 heteroatoms. The molecule has 1 aliphatic carbocycles. The van der Waals surface area contributed by atoms with Crippen LogP contribution in [0.1, 0.15) is 81.1 Å². The Morgan fingerprint density at radius 1 is 0.542 bits per heavy atom. The second-order valence-electron chi connectivity index (χ2n) is 9.86. The third-order valence-electron chi connectivity index (χ3n) is 7.12. The molecule has 3 aliphatic rings. The van der Waals surface area contributed by atoms with Crippen molar-refractivity contribution in [2.75, 3.05) is 0 Å². The summed E-state index contributed by atoms with van der Waals surface area (Å²) in [7, 11) is -0.335. The molecular formula is C18H34B2O4. The molecule has 2 unspecified atom stereocenters. The number of hydrogen-bond acceptors (Lipinski definition) is 4. The maximum absolute atomic E-state index is 6.36. The fourth-order valence-corrected chi connectivity index (χ4v) is 3.99. The highest BCUT2D eigenvalue weighted by molar-refractivity contribution is 6.55. The lowest BCUT2D eigenvalue weighted by atomic mass is 9.48. The van der Waals surface area contributed by atoms with E-state index in [9.17, 15) is 0 Å². The summed E-state index contributed by atoms with van der Waals surface area (Å²) in [6.07, 6.45) is 4.69. The van der Waals surface area contributed by atoms with E-state index in [4.69, 9.17) is 18.6 Å². The molecule has 0 aromatic rings. The predicted molar refractivity (Wildman–Crippen MR) is 98.1 cm³/mol. The first-order valence-corrected chi connectivity index (χ1v) is 9.58. The quantitative estimate of drug-likeness (QED) is 0.697. The van der Waals surface area contributed by atoms with E-state index in [1.54, 1.807) is 0 Å². The van der Waals surface area contributed by atoms with Gasteiger partial charge in [0, 0.05) is 0 Å². The van der Waals surface area contributed by atoms with E-state index in [-0.39, 0.29) is 36.6 Å². The molecule has 0 amide bonds. The molecule has 0 spiro atoms. The Hall–Kier alpha value is -0.0301. The largest absolute Gasteiger partial charge is 0.460 e. The van der Waals surface area contributed by atoms with Crippen LogP contribution in [0.15, 0.2) is 0 Å². The molecule has 4 nitrogen and oxygen atoms in total. The average molecular weight is 336 g/mol. The van der Waals surface area contributed by atoms with Gasteiger partial charge in [0.05, 0.1) is 22.4 Å². The summed E-state index contributed by atoms with van der Waals surface area (Å²) in [5.41, 5.74) is -1.13. The van der Waals surface area contributed by atoms with Gasteiger partial charge in [-0.2, -0.15) is 0 Å². The minimum Gasteiger partial charge on any atom is -0.403 e. The second kappa shape index (κ2) is 5.73. The molecule has 0 bridgehead atoms. The monoisotopic (exact) mass is 336 g/mol. The minimum atomic E-state index is -0.282. The molecule has 0 aromatic carbocycles. The molecule has 0 radical (unpaired) electrons. The summed E-state index contributed by atoms with van der Waals surface area (Å²) in [6, 6.07) is 0. The molecule has 136 valence electrons. The average Bonchev–Trinajstić information content (AvgIpc) is 2.79. The normalized spacial score (nSPS) is 37.0. The topological polar surface area (TPSA) is 36.9 Å². The Kier molecular flexibility index (Phi) is 4.48. The first-order valence-electron chi connectivity index (χ1n) is 9.58. The van der Waals surface area contributed by atoms with Crippen molar-refractivity contribution in [2.45, 2.75) is 115 Å². The summed E-state index contributed by atoms with van der Waals surface area (Å²) in [5.74, 6) is 0.656. The summed E-state index contributed by atoms with van der Waals surface area (Å²) in [5, 5.41) is 0. The van der Waals surface area contributed by atoms with Crippen LogP contribution >= 0.6 is 0 Å². The Bertz CT molecular complexity index is 413. The van der Waals surface area contributed by atoms with Crippen LogP contribution in [0.25, 0.3) is 0 Å². The van der Waals surface area contributed by atoms with Gasteiger partial charge in [0.15, 0.2) is 0 Å². The van der Waals surface area contributed by atoms with Crippen LogP contribution < -0.4 is 0 Å². The molecule has 24 heavy (non-hydrogen) atoms. The number of rotatable bonds is 2. The molecule has 1 saturated carbocycles. The van der Waals surface area contributed by atoms with E-state index in [1.165, 1.54) is 12.8 Å². The van der Waals surface area contributed by atoms with Crippen molar-refractivity contribution in [3.63, 3.8) is 0 Å². The zero-order valence-electron chi connectivity index (χ0n) is 16.8. The lowest BCUT2D eigenvalue weighted by Crippen LogP contribution is -2.41. The van der Waals surface area contributed by atoms with Gasteiger partial charge in [-0.1, -0.05) is 25.7 Å². The molecule has 0 N–H and O–H groups in total. The van der Waals surface area contributed by atoms with Gasteiger partial charge in [0.2, 0.25) is 0 Å². The van der Waals surface area contributed by atoms with Gasteiger partial charge in [-0.05, 0) is 67.0 Å². The summed E-state index contributed by atoms with van der Waals surface area (Å²) in [4.78, 5) is 0. The fraction of sp³-hybridized carbons (Fsp3) is 1.00. The Labute approximate surface area is 148 Å². The molecule has 3 rings (SSSR count). The van der Waals surface area contributed by atoms with Gasteiger partial charge >= 0.3 is 14.2 Å². The highest BCUT2D eigenvalue weighted by Crippen LogP contribution is 2.52. The van der Waals surface area contributed by atoms with Gasteiger partial charge in [-0.15, -0.1) is 0 Å². The van der Waals surface area contributed by atoms with Crippen molar-refractivity contribution >= 4 is 14.2 Å². The molecule has 0 aromatic heterocycles. The molecular weight excluding hydrogens is 302 g/mol. The zero-order valence-corrected chi connectivity index (χ0v) is 16.8. The maximum Gasteiger partial charge on any atom is 0.460 e.